The summed E-state index contributed by atoms with van der Waals surface area (Å²) >= 11 is 5.94. The molecule has 1 unspecified atom stereocenters. The van der Waals surface area contributed by atoms with Gasteiger partial charge in [0.1, 0.15) is 11.6 Å². The van der Waals surface area contributed by atoms with Gasteiger partial charge in [-0.3, -0.25) is 4.79 Å². The van der Waals surface area contributed by atoms with E-state index in [1.54, 1.807) is 42.7 Å². The Bertz CT molecular complexity index is 831. The predicted molar refractivity (Wildman–Crippen MR) is 94.9 cm³/mol. The maximum atomic E-state index is 13.7. The number of hydrogen-bond donors (Lipinski definition) is 1. The number of halogens is 2. The minimum atomic E-state index is -0.449. The zero-order valence-electron chi connectivity index (χ0n) is 13.4. The van der Waals surface area contributed by atoms with Crippen LogP contribution in [0, 0.1) is 5.82 Å². The monoisotopic (exact) mass is 357 g/mol. The molecule has 128 valence electrons. The van der Waals surface area contributed by atoms with Crippen LogP contribution >= 0.6 is 11.6 Å². The van der Waals surface area contributed by atoms with E-state index in [4.69, 9.17) is 16.0 Å². The summed E-state index contributed by atoms with van der Waals surface area (Å²) in [6, 6.07) is 17.1. The van der Waals surface area contributed by atoms with Crippen molar-refractivity contribution in [2.45, 2.75) is 18.9 Å². The van der Waals surface area contributed by atoms with Gasteiger partial charge in [-0.05, 0) is 35.9 Å². The summed E-state index contributed by atoms with van der Waals surface area (Å²) in [5.41, 5.74) is 1.27. The van der Waals surface area contributed by atoms with Crippen LogP contribution in [-0.4, -0.2) is 5.91 Å². The quantitative estimate of drug-likeness (QED) is 0.694. The van der Waals surface area contributed by atoms with Crippen molar-refractivity contribution in [1.29, 1.82) is 0 Å². The number of benzene rings is 2. The maximum Gasteiger partial charge on any atom is 0.228 e. The molecule has 5 heteroatoms. The van der Waals surface area contributed by atoms with Crippen LogP contribution in [0.25, 0.3) is 0 Å². The van der Waals surface area contributed by atoms with Crippen molar-refractivity contribution in [1.82, 2.24) is 5.32 Å². The van der Waals surface area contributed by atoms with Crippen LogP contribution in [0.2, 0.25) is 5.02 Å². The molecule has 0 fully saturated rings. The van der Waals surface area contributed by atoms with Gasteiger partial charge in [-0.2, -0.15) is 0 Å². The Hall–Kier alpha value is -2.59. The van der Waals surface area contributed by atoms with Gasteiger partial charge in [0.25, 0.3) is 0 Å². The van der Waals surface area contributed by atoms with E-state index in [9.17, 15) is 9.18 Å². The summed E-state index contributed by atoms with van der Waals surface area (Å²) in [6.07, 6.45) is 1.99. The molecule has 0 spiro atoms. The predicted octanol–water partition coefficient (Wildman–Crippen LogP) is 4.71. The lowest BCUT2D eigenvalue weighted by molar-refractivity contribution is -0.122. The highest BCUT2D eigenvalue weighted by molar-refractivity contribution is 6.30. The Morgan fingerprint density at radius 2 is 1.84 bits per heavy atom. The number of nitrogens with one attached hydrogen (secondary N) is 1. The van der Waals surface area contributed by atoms with E-state index in [0.717, 1.165) is 5.56 Å². The van der Waals surface area contributed by atoms with Gasteiger partial charge in [-0.15, -0.1) is 0 Å². The highest BCUT2D eigenvalue weighted by Crippen LogP contribution is 2.23. The molecular formula is C20H17ClFNO2. The Morgan fingerprint density at radius 1 is 1.08 bits per heavy atom. The Labute approximate surface area is 150 Å². The fourth-order valence-corrected chi connectivity index (χ4v) is 2.76. The molecule has 25 heavy (non-hydrogen) atoms. The van der Waals surface area contributed by atoms with Crippen LogP contribution in [0.5, 0.6) is 0 Å². The molecule has 3 aromatic rings. The van der Waals surface area contributed by atoms with Gasteiger partial charge in [0, 0.05) is 23.6 Å². The van der Waals surface area contributed by atoms with Crippen LogP contribution in [0.15, 0.2) is 71.3 Å². The Morgan fingerprint density at radius 3 is 2.52 bits per heavy atom. The van der Waals surface area contributed by atoms with Gasteiger partial charge in [0.05, 0.1) is 12.2 Å². The van der Waals surface area contributed by atoms with Crippen LogP contribution in [0.3, 0.4) is 0 Å². The summed E-state index contributed by atoms with van der Waals surface area (Å²) in [5, 5.41) is 3.42. The lowest BCUT2D eigenvalue weighted by Crippen LogP contribution is -2.30. The number of furan rings is 1. The van der Waals surface area contributed by atoms with Gasteiger partial charge >= 0.3 is 0 Å². The largest absolute Gasteiger partial charge is 0.469 e. The molecule has 0 saturated carbocycles. The summed E-state index contributed by atoms with van der Waals surface area (Å²) in [6.45, 7) is 0.133. The molecule has 3 nitrogen and oxygen atoms in total. The normalized spacial score (nSPS) is 11.9. The molecule has 0 aliphatic heterocycles. The third kappa shape index (κ3) is 4.48. The van der Waals surface area contributed by atoms with E-state index in [0.29, 0.717) is 22.8 Å². The maximum absolute atomic E-state index is 13.7. The minimum Gasteiger partial charge on any atom is -0.469 e. The van der Waals surface area contributed by atoms with Crippen molar-refractivity contribution in [3.05, 3.63) is 94.7 Å². The number of rotatable bonds is 6. The van der Waals surface area contributed by atoms with E-state index < -0.39 is 5.92 Å². The number of amides is 1. The third-order valence-electron chi connectivity index (χ3n) is 3.99. The van der Waals surface area contributed by atoms with E-state index in [1.807, 2.05) is 18.2 Å². The number of hydrogen-bond acceptors (Lipinski definition) is 2. The standard InChI is InChI=1S/C20H17ClFNO2/c21-16-9-7-14(8-10-16)18(12-17-5-3-11-25-17)20(24)23-13-15-4-1-2-6-19(15)22/h1-11,18H,12-13H2,(H,23,24). The molecule has 0 saturated heterocycles. The van der Waals surface area contributed by atoms with Gasteiger partial charge in [-0.25, -0.2) is 4.39 Å². The molecule has 1 N–H and O–H groups in total. The van der Waals surface area contributed by atoms with Crippen molar-refractivity contribution < 1.29 is 13.6 Å². The summed E-state index contributed by atoms with van der Waals surface area (Å²) in [7, 11) is 0. The van der Waals surface area contributed by atoms with Gasteiger partial charge in [0.2, 0.25) is 5.91 Å². The fourth-order valence-electron chi connectivity index (χ4n) is 2.63. The van der Waals surface area contributed by atoms with Crippen molar-refractivity contribution in [2.24, 2.45) is 0 Å². The molecule has 2 aromatic carbocycles. The van der Waals surface area contributed by atoms with Crippen LogP contribution < -0.4 is 5.32 Å². The molecule has 1 aromatic heterocycles. The molecular weight excluding hydrogens is 341 g/mol. The lowest BCUT2D eigenvalue weighted by atomic mass is 9.93. The van der Waals surface area contributed by atoms with E-state index >= 15 is 0 Å². The van der Waals surface area contributed by atoms with Crippen LogP contribution in [0.1, 0.15) is 22.8 Å². The zero-order chi connectivity index (χ0) is 17.6. The van der Waals surface area contributed by atoms with Gasteiger partial charge in [-0.1, -0.05) is 41.9 Å². The summed E-state index contributed by atoms with van der Waals surface area (Å²) in [5.74, 6) is -0.268. The second kappa shape index (κ2) is 7.99. The van der Waals surface area contributed by atoms with E-state index in [1.165, 1.54) is 6.07 Å². The molecule has 0 radical (unpaired) electrons. The third-order valence-corrected chi connectivity index (χ3v) is 4.24. The van der Waals surface area contributed by atoms with E-state index in [2.05, 4.69) is 5.32 Å². The molecule has 0 aliphatic rings. The average molecular weight is 358 g/mol. The van der Waals surface area contributed by atoms with Crippen molar-refractivity contribution in [3.8, 4) is 0 Å². The molecule has 1 atom stereocenters. The molecule has 1 amide bonds. The Kier molecular flexibility index (Phi) is 5.51. The smallest absolute Gasteiger partial charge is 0.228 e. The second-order valence-electron chi connectivity index (χ2n) is 5.70. The van der Waals surface area contributed by atoms with Crippen molar-refractivity contribution >= 4 is 17.5 Å². The van der Waals surface area contributed by atoms with Crippen LogP contribution in [-0.2, 0) is 17.8 Å². The topological polar surface area (TPSA) is 42.2 Å². The SMILES string of the molecule is O=C(NCc1ccccc1F)C(Cc1ccco1)c1ccc(Cl)cc1. The van der Waals surface area contributed by atoms with E-state index in [-0.39, 0.29) is 18.3 Å². The number of carbonyl (C=O) groups is 1. The first-order chi connectivity index (χ1) is 12.1. The highest BCUT2D eigenvalue weighted by atomic mass is 35.5. The summed E-state index contributed by atoms with van der Waals surface area (Å²) in [4.78, 5) is 12.7. The first-order valence-corrected chi connectivity index (χ1v) is 8.30. The highest BCUT2D eigenvalue weighted by Gasteiger charge is 2.22. The Balaban J connectivity index is 1.77. The van der Waals surface area contributed by atoms with Gasteiger partial charge < -0.3 is 9.73 Å². The molecule has 3 rings (SSSR count). The first kappa shape index (κ1) is 17.2. The summed E-state index contributed by atoms with van der Waals surface area (Å²) < 4.78 is 19.1. The zero-order valence-corrected chi connectivity index (χ0v) is 14.2. The van der Waals surface area contributed by atoms with Crippen molar-refractivity contribution in [2.75, 3.05) is 0 Å². The average Bonchev–Trinajstić information content (AvgIpc) is 3.13. The fraction of sp³-hybridized carbons (Fsp3) is 0.150. The number of carbonyl (C=O) groups excluding carboxylic acids is 1. The molecule has 0 aliphatic carbocycles. The minimum absolute atomic E-state index is 0.133. The van der Waals surface area contributed by atoms with Crippen LogP contribution in [0.4, 0.5) is 4.39 Å². The first-order valence-electron chi connectivity index (χ1n) is 7.92. The lowest BCUT2D eigenvalue weighted by Gasteiger charge is -2.17. The van der Waals surface area contributed by atoms with Crippen molar-refractivity contribution in [3.63, 3.8) is 0 Å². The second-order valence-corrected chi connectivity index (χ2v) is 6.13. The van der Waals surface area contributed by atoms with Gasteiger partial charge in [0.15, 0.2) is 0 Å². The molecule has 1 heterocycles. The molecule has 0 bridgehead atoms.